The molecule has 3 nitrogen and oxygen atoms in total. The van der Waals surface area contributed by atoms with Crippen molar-refractivity contribution >= 4 is 0 Å². The molecule has 0 spiro atoms. The summed E-state index contributed by atoms with van der Waals surface area (Å²) in [5.41, 5.74) is 7.14. The monoisotopic (exact) mass is 111 g/mol. The Balaban J connectivity index is 3.80. The molecule has 0 N–H and O–H groups in total. The average Bonchev–Trinajstić information content (AvgIpc) is 1.30. The molecule has 0 heterocycles. The normalized spacial score (nSPS) is 10.1. The first kappa shape index (κ1) is 6.10. The van der Waals surface area contributed by atoms with Gasteiger partial charge in [-0.1, -0.05) is 0 Å². The van der Waals surface area contributed by atoms with Crippen LogP contribution < -0.4 is 0 Å². The van der Waals surface area contributed by atoms with Gasteiger partial charge in [-0.3, -0.25) is 0 Å². The zero-order chi connectivity index (χ0) is 5.91. The largest absolute Gasteiger partial charge is 0.472 e. The number of hydrogen-bond acceptors (Lipinski definition) is 1. The first-order chi connectivity index (χ1) is 3.06. The number of hydrogen-bond donors (Lipinski definition) is 0. The van der Waals surface area contributed by atoms with Gasteiger partial charge in [-0.05, 0) is 5.53 Å². The van der Waals surface area contributed by atoms with Crippen LogP contribution in [0.3, 0.4) is 0 Å². The van der Waals surface area contributed by atoms with Crippen molar-refractivity contribution in [2.45, 2.75) is 6.30 Å². The minimum atomic E-state index is -4.74. The second-order valence-electron chi connectivity index (χ2n) is 0.657. The van der Waals surface area contributed by atoms with E-state index in [1.165, 1.54) is 10.0 Å². The molecule has 0 bridgehead atoms. The van der Waals surface area contributed by atoms with Crippen molar-refractivity contribution in [1.29, 1.82) is 0 Å². The molecule has 0 aromatic rings. The van der Waals surface area contributed by atoms with E-state index < -0.39 is 6.30 Å². The zero-order valence-electron chi connectivity index (χ0n) is 2.98. The third-order valence-corrected chi connectivity index (χ3v) is 0.158. The van der Waals surface area contributed by atoms with Crippen molar-refractivity contribution in [2.24, 2.45) is 5.11 Å². The van der Waals surface area contributed by atoms with Crippen molar-refractivity contribution in [3.63, 3.8) is 0 Å². The molecule has 0 saturated carbocycles. The fraction of sp³-hybridized carbons (Fsp3) is 1.00. The minimum Gasteiger partial charge on any atom is -0.165 e. The van der Waals surface area contributed by atoms with Gasteiger partial charge in [0, 0.05) is 10.0 Å². The lowest BCUT2D eigenvalue weighted by Crippen LogP contribution is -1.98. The first-order valence-corrected chi connectivity index (χ1v) is 1.19. The van der Waals surface area contributed by atoms with Gasteiger partial charge in [0.25, 0.3) is 0 Å². The molecule has 0 atom stereocenters. The van der Waals surface area contributed by atoms with Gasteiger partial charge in [0.05, 0.1) is 0 Å². The van der Waals surface area contributed by atoms with Crippen LogP contribution in [0.5, 0.6) is 0 Å². The summed E-state index contributed by atoms with van der Waals surface area (Å²) in [6.07, 6.45) is -4.74. The highest BCUT2D eigenvalue weighted by atomic mass is 19.4. The maximum absolute atomic E-state index is 10.6. The minimum absolute atomic E-state index is 1.44. The Labute approximate surface area is 36.4 Å². The standard InChI is InChI=1S/CF3N3/c2-1(3,4)6-7-5. The first-order valence-electron chi connectivity index (χ1n) is 1.19. The highest BCUT2D eigenvalue weighted by Crippen LogP contribution is 2.15. The van der Waals surface area contributed by atoms with Crippen LogP contribution in [0.15, 0.2) is 5.11 Å². The molecule has 0 aromatic carbocycles. The van der Waals surface area contributed by atoms with Gasteiger partial charge in [0.1, 0.15) is 0 Å². The van der Waals surface area contributed by atoms with Crippen LogP contribution in [0.25, 0.3) is 10.4 Å². The summed E-state index contributed by atoms with van der Waals surface area (Å²) < 4.78 is 31.9. The van der Waals surface area contributed by atoms with Gasteiger partial charge in [0.15, 0.2) is 0 Å². The van der Waals surface area contributed by atoms with Crippen LogP contribution in [0.4, 0.5) is 13.2 Å². The zero-order valence-corrected chi connectivity index (χ0v) is 2.98. The topological polar surface area (TPSA) is 48.8 Å². The molecule has 0 aromatic heterocycles. The molecular formula is CF3N3. The van der Waals surface area contributed by atoms with Crippen molar-refractivity contribution in [2.75, 3.05) is 0 Å². The predicted molar refractivity (Wildman–Crippen MR) is 15.2 cm³/mol. The van der Waals surface area contributed by atoms with Crippen LogP contribution in [0.2, 0.25) is 0 Å². The van der Waals surface area contributed by atoms with E-state index >= 15 is 0 Å². The van der Waals surface area contributed by atoms with Crippen LogP contribution >= 0.6 is 0 Å². The molecule has 0 radical (unpaired) electrons. The maximum Gasteiger partial charge on any atom is 0.472 e. The number of halogens is 3. The molecule has 0 aliphatic carbocycles. The quantitative estimate of drug-likeness (QED) is 0.198. The Morgan fingerprint density at radius 1 is 1.43 bits per heavy atom. The summed E-state index contributed by atoms with van der Waals surface area (Å²) in [5, 5.41) is 1.44. The smallest absolute Gasteiger partial charge is 0.165 e. The molecular weight excluding hydrogens is 111 g/mol. The third kappa shape index (κ3) is 5.10. The molecule has 0 unspecified atom stereocenters. The summed E-state index contributed by atoms with van der Waals surface area (Å²) in [6, 6.07) is 0. The highest BCUT2D eigenvalue weighted by molar-refractivity contribution is 4.45. The van der Waals surface area contributed by atoms with Gasteiger partial charge < -0.3 is 0 Å². The van der Waals surface area contributed by atoms with E-state index in [1.54, 1.807) is 0 Å². The fourth-order valence-electron chi connectivity index (χ4n) is 0.0507. The van der Waals surface area contributed by atoms with E-state index in [0.717, 1.165) is 0 Å². The number of rotatable bonds is 0. The molecule has 6 heteroatoms. The molecule has 0 aliphatic heterocycles. The maximum atomic E-state index is 10.6. The van der Waals surface area contributed by atoms with Crippen molar-refractivity contribution < 1.29 is 13.2 Å². The predicted octanol–water partition coefficient (Wildman–Crippen LogP) is 1.82. The lowest BCUT2D eigenvalue weighted by molar-refractivity contribution is -0.121. The van der Waals surface area contributed by atoms with Gasteiger partial charge in [-0.25, -0.2) is 0 Å². The Hall–Kier alpha value is -0.900. The molecule has 0 fully saturated rings. The van der Waals surface area contributed by atoms with Gasteiger partial charge in [-0.2, -0.15) is 13.2 Å². The molecule has 0 saturated heterocycles. The Morgan fingerprint density at radius 3 is 1.86 bits per heavy atom. The third-order valence-electron chi connectivity index (χ3n) is 0.158. The average molecular weight is 111 g/mol. The molecule has 0 amide bonds. The SMILES string of the molecule is [N-]=[N+]=NC(F)(F)F. The van der Waals surface area contributed by atoms with Crippen molar-refractivity contribution in [3.8, 4) is 0 Å². The van der Waals surface area contributed by atoms with Crippen LogP contribution in [-0.4, -0.2) is 6.30 Å². The van der Waals surface area contributed by atoms with Crippen molar-refractivity contribution in [1.82, 2.24) is 0 Å². The second kappa shape index (κ2) is 1.70. The van der Waals surface area contributed by atoms with Gasteiger partial charge >= 0.3 is 6.30 Å². The van der Waals surface area contributed by atoms with E-state index in [4.69, 9.17) is 5.53 Å². The highest BCUT2D eigenvalue weighted by Gasteiger charge is 2.23. The van der Waals surface area contributed by atoms with E-state index in [1.807, 2.05) is 0 Å². The molecule has 7 heavy (non-hydrogen) atoms. The number of azide groups is 1. The van der Waals surface area contributed by atoms with Crippen LogP contribution in [-0.2, 0) is 0 Å². The molecule has 0 aliphatic rings. The molecule has 0 rings (SSSR count). The van der Waals surface area contributed by atoms with Crippen LogP contribution in [0, 0.1) is 0 Å². The Morgan fingerprint density at radius 2 is 1.86 bits per heavy atom. The molecule has 40 valence electrons. The van der Waals surface area contributed by atoms with E-state index in [-0.39, 0.29) is 0 Å². The summed E-state index contributed by atoms with van der Waals surface area (Å²) in [7, 11) is 0. The van der Waals surface area contributed by atoms with Gasteiger partial charge in [-0.15, -0.1) is 0 Å². The summed E-state index contributed by atoms with van der Waals surface area (Å²) in [5.74, 6) is 0. The lowest BCUT2D eigenvalue weighted by atomic mass is 11.2. The summed E-state index contributed by atoms with van der Waals surface area (Å²) in [4.78, 5) is 1.51. The lowest BCUT2D eigenvalue weighted by Gasteiger charge is -1.89. The van der Waals surface area contributed by atoms with Gasteiger partial charge in [0.2, 0.25) is 0 Å². The van der Waals surface area contributed by atoms with E-state index in [2.05, 4.69) is 0 Å². The number of alkyl halides is 3. The fourth-order valence-corrected chi connectivity index (χ4v) is 0.0507. The Kier molecular flexibility index (Phi) is 1.48. The van der Waals surface area contributed by atoms with E-state index in [9.17, 15) is 13.2 Å². The summed E-state index contributed by atoms with van der Waals surface area (Å²) in [6.45, 7) is 0. The number of nitrogens with zero attached hydrogens (tertiary/aromatic N) is 3. The van der Waals surface area contributed by atoms with E-state index in [0.29, 0.717) is 0 Å². The Bertz CT molecular complexity index is 97.2. The van der Waals surface area contributed by atoms with Crippen LogP contribution in [0.1, 0.15) is 0 Å². The second-order valence-corrected chi connectivity index (χ2v) is 0.657. The summed E-state index contributed by atoms with van der Waals surface area (Å²) >= 11 is 0. The van der Waals surface area contributed by atoms with Crippen molar-refractivity contribution in [3.05, 3.63) is 10.4 Å².